The van der Waals surface area contributed by atoms with Gasteiger partial charge in [-0.15, -0.1) is 0 Å². The summed E-state index contributed by atoms with van der Waals surface area (Å²) in [5.74, 6) is -2.11. The Morgan fingerprint density at radius 2 is 1.77 bits per heavy atom. The van der Waals surface area contributed by atoms with Crippen LogP contribution in [0.2, 0.25) is 5.02 Å². The molecule has 9 nitrogen and oxygen atoms in total. The summed E-state index contributed by atoms with van der Waals surface area (Å²) in [6.45, 7) is 5.07. The highest BCUT2D eigenvalue weighted by Gasteiger charge is 2.40. The number of halogens is 6. The molecule has 1 heterocycles. The first-order valence-electron chi connectivity index (χ1n) is 16.2. The topological polar surface area (TPSA) is 87.0 Å². The van der Waals surface area contributed by atoms with Crippen LogP contribution >= 0.6 is 11.6 Å². The fourth-order valence-electron chi connectivity index (χ4n) is 6.38. The maximum atomic E-state index is 16.1. The number of aliphatic imine (C=N–C) groups is 2. The van der Waals surface area contributed by atoms with Crippen molar-refractivity contribution in [3.05, 3.63) is 93.8 Å². The van der Waals surface area contributed by atoms with Crippen molar-refractivity contribution in [1.82, 2.24) is 9.21 Å². The Morgan fingerprint density at radius 3 is 2.35 bits per heavy atom. The number of allylic oxidation sites excluding steroid dienone is 1. The second-order valence-corrected chi connectivity index (χ2v) is 14.6. The van der Waals surface area contributed by atoms with Gasteiger partial charge in [0.25, 0.3) is 10.0 Å². The number of likely N-dealkylation sites (N-methyl/N-ethyl adjacent to an activating group) is 1. The van der Waals surface area contributed by atoms with E-state index in [1.165, 1.54) is 33.3 Å². The van der Waals surface area contributed by atoms with Crippen LogP contribution in [0.4, 0.5) is 27.6 Å². The van der Waals surface area contributed by atoms with Crippen molar-refractivity contribution in [1.29, 1.82) is 0 Å². The molecule has 3 aromatic rings. The van der Waals surface area contributed by atoms with Crippen LogP contribution in [0.3, 0.4) is 0 Å². The van der Waals surface area contributed by atoms with Crippen molar-refractivity contribution in [2.75, 3.05) is 46.3 Å². The Morgan fingerprint density at radius 1 is 1.08 bits per heavy atom. The van der Waals surface area contributed by atoms with Crippen LogP contribution in [-0.2, 0) is 29.2 Å². The van der Waals surface area contributed by atoms with Crippen LogP contribution in [0.5, 0.6) is 11.5 Å². The number of piperidine rings is 1. The zero-order valence-electron chi connectivity index (χ0n) is 29.5. The van der Waals surface area contributed by atoms with E-state index in [0.717, 1.165) is 28.8 Å². The minimum Gasteiger partial charge on any atom is -0.497 e. The molecule has 0 aliphatic carbocycles. The lowest BCUT2D eigenvalue weighted by Gasteiger charge is -2.48. The van der Waals surface area contributed by atoms with Crippen LogP contribution in [-0.4, -0.2) is 77.6 Å². The molecule has 0 saturated carbocycles. The standard InChI is InChI=1S/C36H41ClF5N5O4S/c1-7-32(44-23-43-2)47(21-25-12-13-27(50-5)20-31(25)51-6)52(48,49)34-29(38)18-26(19-30(34)39)46-17-9-15-35(22-46,45(3)4)16-14-24-10-8-11-28(33(24)37)36(40,41)42/h7-8,10-13,18-20,23H,2,9,14-17,21-22H2,1,3-6H3/b32-7+,44-23?/t35-/m0/s1. The average molecular weight is 770 g/mol. The first kappa shape index (κ1) is 40.6. The van der Waals surface area contributed by atoms with E-state index in [1.54, 1.807) is 29.2 Å². The fourth-order valence-corrected chi connectivity index (χ4v) is 8.25. The van der Waals surface area contributed by atoms with Crippen molar-refractivity contribution in [2.24, 2.45) is 9.98 Å². The number of sulfonamides is 1. The molecule has 4 rings (SSSR count). The van der Waals surface area contributed by atoms with Crippen LogP contribution in [0.15, 0.2) is 75.3 Å². The Balaban J connectivity index is 1.69. The molecule has 52 heavy (non-hydrogen) atoms. The average Bonchev–Trinajstić information content (AvgIpc) is 3.10. The predicted molar refractivity (Wildman–Crippen MR) is 193 cm³/mol. The van der Waals surface area contributed by atoms with Crippen LogP contribution in [0.25, 0.3) is 0 Å². The van der Waals surface area contributed by atoms with E-state index >= 15 is 8.78 Å². The number of ether oxygens (including phenoxy) is 2. The zero-order valence-corrected chi connectivity index (χ0v) is 31.0. The summed E-state index contributed by atoms with van der Waals surface area (Å²) in [5.41, 5.74) is -0.721. The van der Waals surface area contributed by atoms with E-state index < -0.39 is 50.4 Å². The number of hydrogen-bond donors (Lipinski definition) is 0. The number of hydrogen-bond acceptors (Lipinski definition) is 7. The number of methoxy groups -OCH3 is 2. The third-order valence-electron chi connectivity index (χ3n) is 9.24. The minimum atomic E-state index is -4.95. The molecule has 0 bridgehead atoms. The van der Waals surface area contributed by atoms with Gasteiger partial charge in [-0.2, -0.15) is 13.2 Å². The molecule has 16 heteroatoms. The summed E-state index contributed by atoms with van der Waals surface area (Å²) < 4.78 is 113. The van der Waals surface area contributed by atoms with Gasteiger partial charge in [-0.1, -0.05) is 23.7 Å². The molecule has 0 spiro atoms. The highest BCUT2D eigenvalue weighted by molar-refractivity contribution is 7.89. The molecule has 0 radical (unpaired) electrons. The Hall–Kier alpha value is -4.21. The van der Waals surface area contributed by atoms with Gasteiger partial charge in [0.2, 0.25) is 0 Å². The van der Waals surface area contributed by atoms with Gasteiger partial charge in [0, 0.05) is 35.9 Å². The second-order valence-electron chi connectivity index (χ2n) is 12.4. The molecular weight excluding hydrogens is 729 g/mol. The highest BCUT2D eigenvalue weighted by Crippen LogP contribution is 2.40. The third-order valence-corrected chi connectivity index (χ3v) is 11.5. The zero-order chi connectivity index (χ0) is 38.4. The lowest BCUT2D eigenvalue weighted by Crippen LogP contribution is -2.56. The Labute approximate surface area is 306 Å². The van der Waals surface area contributed by atoms with E-state index in [9.17, 15) is 21.6 Å². The lowest BCUT2D eigenvalue weighted by atomic mass is 9.82. The summed E-state index contributed by atoms with van der Waals surface area (Å²) in [7, 11) is 1.56. The summed E-state index contributed by atoms with van der Waals surface area (Å²) in [6.07, 6.45) is -0.388. The first-order valence-corrected chi connectivity index (χ1v) is 18.0. The number of nitrogens with zero attached hydrogens (tertiary/aromatic N) is 5. The van der Waals surface area contributed by atoms with Gasteiger partial charge >= 0.3 is 6.18 Å². The number of rotatable bonds is 14. The summed E-state index contributed by atoms with van der Waals surface area (Å²) in [4.78, 5) is 10.1. The highest BCUT2D eigenvalue weighted by atomic mass is 35.5. The van der Waals surface area contributed by atoms with E-state index in [-0.39, 0.29) is 35.2 Å². The summed E-state index contributed by atoms with van der Waals surface area (Å²) in [6, 6.07) is 10.4. The van der Waals surface area contributed by atoms with Crippen molar-refractivity contribution in [2.45, 2.75) is 55.8 Å². The maximum Gasteiger partial charge on any atom is 0.417 e. The number of benzene rings is 3. The largest absolute Gasteiger partial charge is 0.497 e. The van der Waals surface area contributed by atoms with Crippen LogP contribution in [0, 0.1) is 11.6 Å². The second kappa shape index (κ2) is 16.6. The molecule has 1 atom stereocenters. The fraction of sp³-hybridized carbons (Fsp3) is 0.389. The molecule has 282 valence electrons. The molecule has 1 fully saturated rings. The van der Waals surface area contributed by atoms with E-state index in [2.05, 4.69) is 16.7 Å². The van der Waals surface area contributed by atoms with Crippen molar-refractivity contribution in [3.63, 3.8) is 0 Å². The smallest absolute Gasteiger partial charge is 0.417 e. The van der Waals surface area contributed by atoms with Gasteiger partial charge < -0.3 is 19.3 Å². The van der Waals surface area contributed by atoms with Gasteiger partial charge in [-0.05, 0) is 95.4 Å². The van der Waals surface area contributed by atoms with Crippen molar-refractivity contribution < 1.29 is 39.8 Å². The van der Waals surface area contributed by atoms with Crippen LogP contribution < -0.4 is 14.4 Å². The molecule has 1 aliphatic rings. The molecule has 1 aliphatic heterocycles. The normalized spacial score (nSPS) is 17.2. The maximum absolute atomic E-state index is 16.1. The van der Waals surface area contributed by atoms with E-state index in [1.807, 2.05) is 19.0 Å². The molecule has 0 aromatic heterocycles. The number of aryl methyl sites for hydroxylation is 1. The van der Waals surface area contributed by atoms with E-state index in [0.29, 0.717) is 42.7 Å². The Bertz CT molecular complexity index is 1920. The number of alkyl halides is 3. The molecule has 0 unspecified atom stereocenters. The molecule has 3 aromatic carbocycles. The summed E-state index contributed by atoms with van der Waals surface area (Å²) >= 11 is 6.19. The monoisotopic (exact) mass is 769 g/mol. The third kappa shape index (κ3) is 8.69. The van der Waals surface area contributed by atoms with Crippen LogP contribution in [0.1, 0.15) is 42.9 Å². The minimum absolute atomic E-state index is 0.112. The predicted octanol–water partition coefficient (Wildman–Crippen LogP) is 7.97. The molecular formula is C36H41ClF5N5O4S. The molecule has 0 N–H and O–H groups in total. The van der Waals surface area contributed by atoms with Crippen molar-refractivity contribution in [3.8, 4) is 11.5 Å². The van der Waals surface area contributed by atoms with Gasteiger partial charge in [0.15, 0.2) is 4.90 Å². The first-order chi connectivity index (χ1) is 24.5. The molecule has 1 saturated heterocycles. The quantitative estimate of drug-likeness (QED) is 0.0940. The summed E-state index contributed by atoms with van der Waals surface area (Å²) in [5, 5.41) is -0.357. The SMILES string of the molecule is C=NC=N/C(=C\C)N(Cc1ccc(OC)cc1OC)S(=O)(=O)c1c(F)cc(N2CCC[C@@](CCc3cccc(C(F)(F)F)c3Cl)(N(C)C)C2)cc1F. The lowest BCUT2D eigenvalue weighted by molar-refractivity contribution is -0.137. The van der Waals surface area contributed by atoms with Crippen molar-refractivity contribution >= 4 is 40.4 Å². The molecule has 0 amide bonds. The van der Waals surface area contributed by atoms with Gasteiger partial charge in [-0.25, -0.2) is 26.5 Å². The van der Waals surface area contributed by atoms with E-state index in [4.69, 9.17) is 21.1 Å². The van der Waals surface area contributed by atoms with Gasteiger partial charge in [0.1, 0.15) is 35.3 Å². The Kier molecular flexibility index (Phi) is 13.0. The van der Waals surface area contributed by atoms with Gasteiger partial charge in [-0.3, -0.25) is 4.99 Å². The number of anilines is 1. The van der Waals surface area contributed by atoms with Gasteiger partial charge in [0.05, 0.1) is 31.4 Å².